The molecule has 0 fully saturated rings. The quantitative estimate of drug-likeness (QED) is 0.169. The number of hydrogen-bond acceptors (Lipinski definition) is 7. The van der Waals surface area contributed by atoms with Gasteiger partial charge in [-0.3, -0.25) is 9.59 Å². The predicted molar refractivity (Wildman–Crippen MR) is 162 cm³/mol. The van der Waals surface area contributed by atoms with Crippen molar-refractivity contribution >= 4 is 38.4 Å². The summed E-state index contributed by atoms with van der Waals surface area (Å²) in [6, 6.07) is 12.2. The third-order valence-corrected chi connectivity index (χ3v) is 9.24. The highest BCUT2D eigenvalue weighted by Gasteiger charge is 2.55. The highest BCUT2D eigenvalue weighted by Crippen LogP contribution is 2.35. The van der Waals surface area contributed by atoms with E-state index in [1.165, 1.54) is 36.9 Å². The van der Waals surface area contributed by atoms with Gasteiger partial charge in [0.05, 0.1) is 35.4 Å². The first kappa shape index (κ1) is 34.3. The number of nitrogens with two attached hydrogens (primary N) is 1. The predicted octanol–water partition coefficient (Wildman–Crippen LogP) is 3.49. The van der Waals surface area contributed by atoms with Crippen LogP contribution in [-0.2, 0) is 14.8 Å². The molecule has 2 atom stereocenters. The molecule has 0 aliphatic heterocycles. The van der Waals surface area contributed by atoms with Gasteiger partial charge in [-0.25, -0.2) is 17.5 Å². The number of benzene rings is 3. The minimum absolute atomic E-state index is 0.178. The van der Waals surface area contributed by atoms with E-state index in [9.17, 15) is 40.7 Å². The molecule has 4 rings (SSSR count). The van der Waals surface area contributed by atoms with Gasteiger partial charge in [0.1, 0.15) is 11.9 Å². The van der Waals surface area contributed by atoms with Crippen LogP contribution in [0.5, 0.6) is 0 Å². The van der Waals surface area contributed by atoms with Gasteiger partial charge in [0.25, 0.3) is 5.91 Å². The zero-order valence-electron chi connectivity index (χ0n) is 25.0. The molecule has 2 amide bonds. The van der Waals surface area contributed by atoms with Crippen molar-refractivity contribution < 1.29 is 40.7 Å². The number of rotatable bonds is 12. The van der Waals surface area contributed by atoms with Crippen LogP contribution in [-0.4, -0.2) is 76.9 Å². The van der Waals surface area contributed by atoms with Gasteiger partial charge in [-0.05, 0) is 74.0 Å². The molecule has 11 nitrogen and oxygen atoms in total. The molecule has 4 aromatic rings. The number of aryl methyl sites for hydroxylation is 1. The number of hydrogen-bond donors (Lipinski definition) is 4. The monoisotopic (exact) mass is 664 g/mol. The number of carbonyl (C=O) groups is 2. The van der Waals surface area contributed by atoms with Gasteiger partial charge < -0.3 is 21.5 Å². The van der Waals surface area contributed by atoms with Crippen LogP contribution < -0.4 is 16.4 Å². The van der Waals surface area contributed by atoms with Crippen LogP contribution in [0.1, 0.15) is 29.8 Å². The summed E-state index contributed by atoms with van der Waals surface area (Å²) in [6.07, 6.45) is -3.87. The molecule has 3 aromatic carbocycles. The van der Waals surface area contributed by atoms with Gasteiger partial charge in [-0.15, -0.1) is 0 Å². The van der Waals surface area contributed by atoms with Crippen molar-refractivity contribution in [3.63, 3.8) is 0 Å². The van der Waals surface area contributed by atoms with Gasteiger partial charge in [0, 0.05) is 23.2 Å². The number of likely N-dealkylation sites (N-methyl/N-ethyl adjacent to an activating group) is 1. The Morgan fingerprint density at radius 3 is 2.39 bits per heavy atom. The zero-order chi connectivity index (χ0) is 34.0. The Kier molecular flexibility index (Phi) is 9.75. The largest absolute Gasteiger partial charge is 0.420 e. The topological polar surface area (TPSA) is 160 Å². The number of amides is 2. The van der Waals surface area contributed by atoms with E-state index < -0.39 is 70.0 Å². The number of aromatic nitrogens is 2. The van der Waals surface area contributed by atoms with Crippen LogP contribution in [0, 0.1) is 12.7 Å². The molecule has 0 radical (unpaired) electrons. The lowest BCUT2D eigenvalue weighted by Gasteiger charge is -2.35. The summed E-state index contributed by atoms with van der Waals surface area (Å²) in [4.78, 5) is 23.6. The maximum Gasteiger partial charge on any atom is 0.420 e. The Bertz CT molecular complexity index is 1860. The van der Waals surface area contributed by atoms with Gasteiger partial charge in [-0.1, -0.05) is 13.0 Å². The summed E-state index contributed by atoms with van der Waals surface area (Å²) in [6.45, 7) is 1.59. The van der Waals surface area contributed by atoms with Gasteiger partial charge in [-0.2, -0.15) is 22.6 Å². The molecule has 0 saturated carbocycles. The standard InChI is InChI=1S/C30H32F4N6O5S/c1-4-39(46(44,45)23-10-8-21(31)9-11-23)17-29(43,30(32,33)34)16-36-25-12-18(2)13-26-24(25)15-37-40(26)22-7-5-6-20(14-22)28(42)38-19(3)27(35)41/h5-15,19,36,43H,4,16-17H2,1-3H3,(H2,35,41)(H,38,42)/t19-,29?/m1/s1. The molecule has 5 N–H and O–H groups in total. The molecule has 0 aliphatic rings. The summed E-state index contributed by atoms with van der Waals surface area (Å²) in [5, 5.41) is 20.8. The Hall–Kier alpha value is -4.54. The lowest BCUT2D eigenvalue weighted by molar-refractivity contribution is -0.255. The molecule has 1 heterocycles. The number of nitrogens with one attached hydrogen (secondary N) is 2. The normalized spacial score (nSPS) is 14.2. The van der Waals surface area contributed by atoms with Crippen LogP contribution in [0.25, 0.3) is 16.6 Å². The number of sulfonamides is 1. The second-order valence-corrected chi connectivity index (χ2v) is 12.7. The molecule has 1 unspecified atom stereocenters. The maximum atomic E-state index is 14.4. The maximum absolute atomic E-state index is 14.4. The van der Waals surface area contributed by atoms with Crippen molar-refractivity contribution in [3.05, 3.63) is 83.8 Å². The Labute approximate surface area is 262 Å². The van der Waals surface area contributed by atoms with E-state index >= 15 is 0 Å². The van der Waals surface area contributed by atoms with E-state index in [1.807, 2.05) is 0 Å². The molecule has 46 heavy (non-hydrogen) atoms. The smallest absolute Gasteiger partial charge is 0.381 e. The Balaban J connectivity index is 1.64. The van der Waals surface area contributed by atoms with E-state index in [-0.39, 0.29) is 11.3 Å². The summed E-state index contributed by atoms with van der Waals surface area (Å²) in [5.74, 6) is -2.00. The van der Waals surface area contributed by atoms with Crippen molar-refractivity contribution in [2.24, 2.45) is 5.73 Å². The van der Waals surface area contributed by atoms with Gasteiger partial charge in [0.15, 0.2) is 5.60 Å². The van der Waals surface area contributed by atoms with E-state index in [0.717, 1.165) is 24.3 Å². The fourth-order valence-corrected chi connectivity index (χ4v) is 6.15. The van der Waals surface area contributed by atoms with Crippen LogP contribution >= 0.6 is 0 Å². The van der Waals surface area contributed by atoms with Crippen molar-refractivity contribution in [3.8, 4) is 5.69 Å². The average molecular weight is 665 g/mol. The highest BCUT2D eigenvalue weighted by atomic mass is 32.2. The molecule has 0 spiro atoms. The highest BCUT2D eigenvalue weighted by molar-refractivity contribution is 7.89. The third kappa shape index (κ3) is 7.13. The van der Waals surface area contributed by atoms with Gasteiger partial charge >= 0.3 is 6.18 Å². The van der Waals surface area contributed by atoms with E-state index in [2.05, 4.69) is 15.7 Å². The van der Waals surface area contributed by atoms with Crippen molar-refractivity contribution in [1.29, 1.82) is 0 Å². The van der Waals surface area contributed by atoms with Crippen molar-refractivity contribution in [1.82, 2.24) is 19.4 Å². The molecular formula is C30H32F4N6O5S. The molecule has 246 valence electrons. The molecule has 0 aliphatic carbocycles. The average Bonchev–Trinajstić information content (AvgIpc) is 3.42. The minimum Gasteiger partial charge on any atom is -0.381 e. The number of aliphatic hydroxyl groups is 1. The summed E-state index contributed by atoms with van der Waals surface area (Å²) in [5.41, 5.74) is 3.57. The Morgan fingerprint density at radius 1 is 1.11 bits per heavy atom. The SMILES string of the molecule is CCN(CC(O)(CNc1cc(C)cc2c1cnn2-c1cccc(C(=O)N[C@H](C)C(N)=O)c1)C(F)(F)F)S(=O)(=O)c1ccc(F)cc1. The second kappa shape index (κ2) is 13.1. The third-order valence-electron chi connectivity index (χ3n) is 7.30. The lowest BCUT2D eigenvalue weighted by atomic mass is 10.0. The van der Waals surface area contributed by atoms with Crippen molar-refractivity contribution in [2.75, 3.05) is 25.0 Å². The number of halogens is 4. The fourth-order valence-electron chi connectivity index (χ4n) is 4.65. The summed E-state index contributed by atoms with van der Waals surface area (Å²) >= 11 is 0. The number of carbonyl (C=O) groups excluding carboxylic acids is 2. The molecule has 0 saturated heterocycles. The first-order valence-electron chi connectivity index (χ1n) is 13.9. The number of alkyl halides is 3. The van der Waals surface area contributed by atoms with E-state index in [4.69, 9.17) is 5.73 Å². The Morgan fingerprint density at radius 2 is 1.78 bits per heavy atom. The number of anilines is 1. The number of primary amides is 1. The molecule has 1 aromatic heterocycles. The lowest BCUT2D eigenvalue weighted by Crippen LogP contribution is -2.58. The minimum atomic E-state index is -5.26. The second-order valence-electron chi connectivity index (χ2n) is 10.7. The number of fused-ring (bicyclic) bond motifs is 1. The summed E-state index contributed by atoms with van der Waals surface area (Å²) in [7, 11) is -4.52. The zero-order valence-corrected chi connectivity index (χ0v) is 25.8. The number of nitrogens with zero attached hydrogens (tertiary/aromatic N) is 3. The van der Waals surface area contributed by atoms with Crippen LogP contribution in [0.3, 0.4) is 0 Å². The first-order chi connectivity index (χ1) is 21.5. The molecule has 16 heteroatoms. The van der Waals surface area contributed by atoms with E-state index in [1.54, 1.807) is 31.2 Å². The summed E-state index contributed by atoms with van der Waals surface area (Å²) < 4.78 is 84.6. The first-order valence-corrected chi connectivity index (χ1v) is 15.4. The van der Waals surface area contributed by atoms with Crippen LogP contribution in [0.2, 0.25) is 0 Å². The van der Waals surface area contributed by atoms with Crippen LogP contribution in [0.4, 0.5) is 23.2 Å². The van der Waals surface area contributed by atoms with Crippen LogP contribution in [0.15, 0.2) is 71.8 Å². The fraction of sp³-hybridized carbons (Fsp3) is 0.300. The van der Waals surface area contributed by atoms with Crippen molar-refractivity contribution in [2.45, 2.75) is 43.5 Å². The molecule has 0 bridgehead atoms. The van der Waals surface area contributed by atoms with Gasteiger partial charge in [0.2, 0.25) is 15.9 Å². The van der Waals surface area contributed by atoms with E-state index in [0.29, 0.717) is 26.5 Å². The molecular weight excluding hydrogens is 632 g/mol.